The van der Waals surface area contributed by atoms with Crippen molar-refractivity contribution in [2.45, 2.75) is 25.4 Å². The van der Waals surface area contributed by atoms with Crippen LogP contribution in [0.1, 0.15) is 12.6 Å². The highest BCUT2D eigenvalue weighted by molar-refractivity contribution is 5.87. The van der Waals surface area contributed by atoms with Crippen LogP contribution in [0.25, 0.3) is 10.9 Å². The second-order valence-corrected chi connectivity index (χ2v) is 4.76. The van der Waals surface area contributed by atoms with Gasteiger partial charge in [0.25, 0.3) is 0 Å². The van der Waals surface area contributed by atoms with Gasteiger partial charge < -0.3 is 21.1 Å². The van der Waals surface area contributed by atoms with E-state index in [0.29, 0.717) is 6.42 Å². The number of carbonyl (C=O) groups excluding carboxylic acids is 1. The maximum atomic E-state index is 11.8. The predicted molar refractivity (Wildman–Crippen MR) is 75.2 cm³/mol. The molecule has 2 aromatic rings. The zero-order valence-electron chi connectivity index (χ0n) is 11.1. The lowest BCUT2D eigenvalue weighted by Gasteiger charge is -2.14. The van der Waals surface area contributed by atoms with Crippen molar-refractivity contribution >= 4 is 22.8 Å². The fraction of sp³-hybridized carbons (Fsp3) is 0.286. The SMILES string of the molecule is C[C@H](NC(=O)[C@@H](N)Cc1cc2ccccc2[nH]1)C(=O)O. The van der Waals surface area contributed by atoms with E-state index in [1.807, 2.05) is 30.3 Å². The molecule has 0 radical (unpaired) electrons. The molecule has 2 rings (SSSR count). The van der Waals surface area contributed by atoms with Gasteiger partial charge in [0, 0.05) is 17.6 Å². The third-order valence-corrected chi connectivity index (χ3v) is 3.09. The Bertz CT molecular complexity index is 602. The van der Waals surface area contributed by atoms with E-state index in [9.17, 15) is 9.59 Å². The Morgan fingerprint density at radius 2 is 2.10 bits per heavy atom. The molecule has 6 nitrogen and oxygen atoms in total. The first kappa shape index (κ1) is 14.1. The monoisotopic (exact) mass is 275 g/mol. The number of rotatable bonds is 5. The van der Waals surface area contributed by atoms with Crippen LogP contribution in [0.3, 0.4) is 0 Å². The van der Waals surface area contributed by atoms with Crippen LogP contribution in [0.15, 0.2) is 30.3 Å². The molecule has 5 N–H and O–H groups in total. The summed E-state index contributed by atoms with van der Waals surface area (Å²) in [6.45, 7) is 1.40. The highest BCUT2D eigenvalue weighted by Gasteiger charge is 2.20. The molecule has 0 bridgehead atoms. The molecule has 106 valence electrons. The van der Waals surface area contributed by atoms with Gasteiger partial charge in [0.05, 0.1) is 6.04 Å². The third-order valence-electron chi connectivity index (χ3n) is 3.09. The van der Waals surface area contributed by atoms with E-state index >= 15 is 0 Å². The van der Waals surface area contributed by atoms with Gasteiger partial charge in [0.2, 0.25) is 5.91 Å². The Morgan fingerprint density at radius 3 is 2.75 bits per heavy atom. The Hall–Kier alpha value is -2.34. The first-order chi connectivity index (χ1) is 9.47. The molecule has 1 amide bonds. The zero-order valence-corrected chi connectivity index (χ0v) is 11.1. The van der Waals surface area contributed by atoms with Gasteiger partial charge in [0.1, 0.15) is 6.04 Å². The van der Waals surface area contributed by atoms with Crippen LogP contribution in [-0.4, -0.2) is 34.1 Å². The van der Waals surface area contributed by atoms with Crippen LogP contribution in [0.4, 0.5) is 0 Å². The molecule has 1 aromatic heterocycles. The fourth-order valence-corrected chi connectivity index (χ4v) is 1.96. The van der Waals surface area contributed by atoms with E-state index in [0.717, 1.165) is 16.6 Å². The topological polar surface area (TPSA) is 108 Å². The number of para-hydroxylation sites is 1. The number of nitrogens with one attached hydrogen (secondary N) is 2. The van der Waals surface area contributed by atoms with Gasteiger partial charge in [-0.25, -0.2) is 0 Å². The normalized spacial score (nSPS) is 13.9. The van der Waals surface area contributed by atoms with Gasteiger partial charge in [-0.05, 0) is 24.4 Å². The Morgan fingerprint density at radius 1 is 1.40 bits per heavy atom. The van der Waals surface area contributed by atoms with E-state index < -0.39 is 24.0 Å². The summed E-state index contributed by atoms with van der Waals surface area (Å²) in [5.74, 6) is -1.56. The number of aliphatic carboxylic acids is 1. The highest BCUT2D eigenvalue weighted by Crippen LogP contribution is 2.15. The van der Waals surface area contributed by atoms with Crippen molar-refractivity contribution in [1.29, 1.82) is 0 Å². The number of nitrogens with two attached hydrogens (primary N) is 1. The second-order valence-electron chi connectivity index (χ2n) is 4.76. The Balaban J connectivity index is 2.01. The molecule has 0 fully saturated rings. The van der Waals surface area contributed by atoms with Gasteiger partial charge in [-0.2, -0.15) is 0 Å². The molecular formula is C14H17N3O3. The van der Waals surface area contributed by atoms with E-state index in [2.05, 4.69) is 10.3 Å². The average Bonchev–Trinajstić information content (AvgIpc) is 2.80. The van der Waals surface area contributed by atoms with Crippen molar-refractivity contribution in [2.24, 2.45) is 5.73 Å². The highest BCUT2D eigenvalue weighted by atomic mass is 16.4. The third kappa shape index (κ3) is 3.16. The van der Waals surface area contributed by atoms with E-state index in [1.165, 1.54) is 6.92 Å². The van der Waals surface area contributed by atoms with Crippen LogP contribution < -0.4 is 11.1 Å². The number of hydrogen-bond acceptors (Lipinski definition) is 3. The Labute approximate surface area is 116 Å². The largest absolute Gasteiger partial charge is 0.480 e. The zero-order chi connectivity index (χ0) is 14.7. The lowest BCUT2D eigenvalue weighted by molar-refractivity contribution is -0.141. The summed E-state index contributed by atoms with van der Waals surface area (Å²) < 4.78 is 0. The van der Waals surface area contributed by atoms with Gasteiger partial charge in [-0.1, -0.05) is 18.2 Å². The van der Waals surface area contributed by atoms with Crippen molar-refractivity contribution in [1.82, 2.24) is 10.3 Å². The molecule has 20 heavy (non-hydrogen) atoms. The van der Waals surface area contributed by atoms with Gasteiger partial charge >= 0.3 is 5.97 Å². The number of fused-ring (bicyclic) bond motifs is 1. The molecule has 0 aliphatic heterocycles. The first-order valence-electron chi connectivity index (χ1n) is 6.33. The summed E-state index contributed by atoms with van der Waals surface area (Å²) in [5, 5.41) is 12.1. The molecule has 1 heterocycles. The van der Waals surface area contributed by atoms with Gasteiger partial charge in [-0.3, -0.25) is 9.59 Å². The van der Waals surface area contributed by atoms with Crippen molar-refractivity contribution in [2.75, 3.05) is 0 Å². The number of H-pyrrole nitrogens is 1. The fourth-order valence-electron chi connectivity index (χ4n) is 1.96. The maximum absolute atomic E-state index is 11.8. The van der Waals surface area contributed by atoms with Crippen LogP contribution >= 0.6 is 0 Å². The maximum Gasteiger partial charge on any atom is 0.325 e. The van der Waals surface area contributed by atoms with Gasteiger partial charge in [-0.15, -0.1) is 0 Å². The molecule has 0 aliphatic rings. The lowest BCUT2D eigenvalue weighted by Crippen LogP contribution is -2.48. The number of carboxylic acids is 1. The molecule has 0 spiro atoms. The molecule has 0 unspecified atom stereocenters. The van der Waals surface area contributed by atoms with Crippen molar-refractivity contribution in [3.05, 3.63) is 36.0 Å². The number of carboxylic acid groups (broad SMARTS) is 1. The molecular weight excluding hydrogens is 258 g/mol. The van der Waals surface area contributed by atoms with Crippen LogP contribution in [0.5, 0.6) is 0 Å². The molecule has 6 heteroatoms. The van der Waals surface area contributed by atoms with Crippen molar-refractivity contribution in [3.8, 4) is 0 Å². The summed E-state index contributed by atoms with van der Waals surface area (Å²) in [6, 6.07) is 7.96. The van der Waals surface area contributed by atoms with E-state index in [-0.39, 0.29) is 0 Å². The van der Waals surface area contributed by atoms with Crippen molar-refractivity contribution in [3.63, 3.8) is 0 Å². The summed E-state index contributed by atoms with van der Waals surface area (Å²) >= 11 is 0. The molecule has 1 aromatic carbocycles. The molecule has 0 saturated carbocycles. The molecule has 0 saturated heterocycles. The van der Waals surface area contributed by atoms with Crippen LogP contribution in [0.2, 0.25) is 0 Å². The first-order valence-corrected chi connectivity index (χ1v) is 6.33. The van der Waals surface area contributed by atoms with Gasteiger partial charge in [0.15, 0.2) is 0 Å². The quantitative estimate of drug-likeness (QED) is 0.641. The van der Waals surface area contributed by atoms with Crippen LogP contribution in [-0.2, 0) is 16.0 Å². The van der Waals surface area contributed by atoms with Crippen molar-refractivity contribution < 1.29 is 14.7 Å². The Kier molecular flexibility index (Phi) is 4.05. The lowest BCUT2D eigenvalue weighted by atomic mass is 10.1. The van der Waals surface area contributed by atoms with Crippen LogP contribution in [0, 0.1) is 0 Å². The molecule has 0 aliphatic carbocycles. The summed E-state index contributed by atoms with van der Waals surface area (Å²) in [5.41, 5.74) is 7.62. The second kappa shape index (κ2) is 5.75. The number of hydrogen-bond donors (Lipinski definition) is 4. The minimum atomic E-state index is -1.09. The summed E-state index contributed by atoms with van der Waals surface area (Å²) in [7, 11) is 0. The number of carbonyl (C=O) groups is 2. The summed E-state index contributed by atoms with van der Waals surface area (Å²) in [6.07, 6.45) is 0.326. The number of aromatic nitrogens is 1. The standard InChI is InChI=1S/C14H17N3O3/c1-8(14(19)20)16-13(18)11(15)7-10-6-9-4-2-3-5-12(9)17-10/h2-6,8,11,17H,7,15H2,1H3,(H,16,18)(H,19,20)/t8-,11-/m0/s1. The minimum absolute atomic E-state index is 0.326. The molecule has 2 atom stereocenters. The number of benzene rings is 1. The smallest absolute Gasteiger partial charge is 0.325 e. The number of amides is 1. The predicted octanol–water partition coefficient (Wildman–Crippen LogP) is 0.627. The summed E-state index contributed by atoms with van der Waals surface area (Å²) in [4.78, 5) is 25.6. The van der Waals surface area contributed by atoms with E-state index in [4.69, 9.17) is 10.8 Å². The number of aromatic amines is 1. The minimum Gasteiger partial charge on any atom is -0.480 e. The average molecular weight is 275 g/mol. The van der Waals surface area contributed by atoms with E-state index in [1.54, 1.807) is 0 Å².